The zero-order valence-electron chi connectivity index (χ0n) is 17.2. The maximum Gasteiger partial charge on any atom is 0.325 e. The average molecular weight is 451 g/mol. The van der Waals surface area contributed by atoms with Crippen LogP contribution in [-0.2, 0) is 19.1 Å². The molecule has 0 fully saturated rings. The minimum atomic E-state index is -0.722. The zero-order chi connectivity index (χ0) is 22.6. The average Bonchev–Trinajstić information content (AvgIpc) is 2.82. The molecule has 32 heavy (non-hydrogen) atoms. The maximum absolute atomic E-state index is 12.2. The van der Waals surface area contributed by atoms with Gasteiger partial charge in [-0.05, 0) is 36.4 Å². The van der Waals surface area contributed by atoms with E-state index in [0.29, 0.717) is 11.4 Å². The Labute approximate surface area is 190 Å². The summed E-state index contributed by atoms with van der Waals surface area (Å²) < 4.78 is 10.2. The van der Waals surface area contributed by atoms with Crippen LogP contribution >= 0.6 is 11.8 Å². The standard InChI is InChI=1S/C24H22N2O5S/c27-22(16-30-18-9-3-1-4-10-18)25-15-24(29)31-17-23(28)26-20-13-7-8-14-21(20)32-19-11-5-2-6-12-19/h1-14H,15-17H2,(H,25,27)(H,26,28). The van der Waals surface area contributed by atoms with Gasteiger partial charge >= 0.3 is 5.97 Å². The second-order valence-corrected chi connectivity index (χ2v) is 7.61. The summed E-state index contributed by atoms with van der Waals surface area (Å²) in [4.78, 5) is 37.7. The summed E-state index contributed by atoms with van der Waals surface area (Å²) in [5, 5.41) is 5.13. The summed E-state index contributed by atoms with van der Waals surface area (Å²) in [6, 6.07) is 26.0. The minimum Gasteiger partial charge on any atom is -0.484 e. The summed E-state index contributed by atoms with van der Waals surface area (Å²) >= 11 is 1.51. The van der Waals surface area contributed by atoms with E-state index < -0.39 is 24.4 Å². The van der Waals surface area contributed by atoms with Crippen molar-refractivity contribution in [1.82, 2.24) is 5.32 Å². The van der Waals surface area contributed by atoms with Crippen LogP contribution in [0.3, 0.4) is 0 Å². The number of amides is 2. The van der Waals surface area contributed by atoms with Crippen molar-refractivity contribution < 1.29 is 23.9 Å². The molecule has 164 valence electrons. The van der Waals surface area contributed by atoms with Crippen molar-refractivity contribution in [2.45, 2.75) is 9.79 Å². The molecule has 0 radical (unpaired) electrons. The van der Waals surface area contributed by atoms with E-state index in [-0.39, 0.29) is 13.2 Å². The number of hydrogen-bond donors (Lipinski definition) is 2. The fourth-order valence-electron chi connectivity index (χ4n) is 2.55. The molecule has 0 saturated heterocycles. The molecule has 0 aromatic heterocycles. The van der Waals surface area contributed by atoms with Crippen LogP contribution < -0.4 is 15.4 Å². The Balaban J connectivity index is 1.39. The van der Waals surface area contributed by atoms with Gasteiger partial charge in [0.15, 0.2) is 13.2 Å². The number of benzene rings is 3. The Hall–Kier alpha value is -3.78. The predicted octanol–water partition coefficient (Wildman–Crippen LogP) is 3.51. The third-order valence-electron chi connectivity index (χ3n) is 4.04. The van der Waals surface area contributed by atoms with Crippen molar-refractivity contribution in [3.05, 3.63) is 84.9 Å². The summed E-state index contributed by atoms with van der Waals surface area (Å²) in [7, 11) is 0. The SMILES string of the molecule is O=C(COc1ccccc1)NCC(=O)OCC(=O)Nc1ccccc1Sc1ccccc1. The molecule has 0 aliphatic carbocycles. The highest BCUT2D eigenvalue weighted by molar-refractivity contribution is 7.99. The lowest BCUT2D eigenvalue weighted by Crippen LogP contribution is -2.35. The van der Waals surface area contributed by atoms with Crippen molar-refractivity contribution in [3.63, 3.8) is 0 Å². The molecule has 0 spiro atoms. The third-order valence-corrected chi connectivity index (χ3v) is 5.12. The lowest BCUT2D eigenvalue weighted by molar-refractivity contribution is -0.147. The number of para-hydroxylation sites is 2. The number of anilines is 1. The highest BCUT2D eigenvalue weighted by Crippen LogP contribution is 2.33. The highest BCUT2D eigenvalue weighted by atomic mass is 32.2. The molecule has 8 heteroatoms. The van der Waals surface area contributed by atoms with Crippen LogP contribution in [0.2, 0.25) is 0 Å². The number of esters is 1. The van der Waals surface area contributed by atoms with Crippen LogP contribution in [0.4, 0.5) is 5.69 Å². The van der Waals surface area contributed by atoms with Crippen molar-refractivity contribution in [3.8, 4) is 5.75 Å². The van der Waals surface area contributed by atoms with E-state index in [1.165, 1.54) is 11.8 Å². The number of hydrogen-bond acceptors (Lipinski definition) is 6. The van der Waals surface area contributed by atoms with Crippen LogP contribution in [0.5, 0.6) is 5.75 Å². The molecular weight excluding hydrogens is 428 g/mol. The van der Waals surface area contributed by atoms with Gasteiger partial charge in [-0.15, -0.1) is 0 Å². The normalized spacial score (nSPS) is 10.1. The van der Waals surface area contributed by atoms with E-state index in [1.54, 1.807) is 30.3 Å². The fraction of sp³-hybridized carbons (Fsp3) is 0.125. The minimum absolute atomic E-state index is 0.229. The van der Waals surface area contributed by atoms with E-state index in [0.717, 1.165) is 9.79 Å². The van der Waals surface area contributed by atoms with Gasteiger partial charge in [-0.1, -0.05) is 60.3 Å². The van der Waals surface area contributed by atoms with Crippen molar-refractivity contribution >= 4 is 35.2 Å². The second kappa shape index (κ2) is 12.2. The summed E-state index contributed by atoms with van der Waals surface area (Å²) in [5.74, 6) is -1.12. The Morgan fingerprint density at radius 2 is 1.41 bits per heavy atom. The van der Waals surface area contributed by atoms with Gasteiger partial charge < -0.3 is 20.1 Å². The molecule has 2 N–H and O–H groups in total. The molecule has 0 bridgehead atoms. The van der Waals surface area contributed by atoms with Crippen LogP contribution in [0, 0.1) is 0 Å². The van der Waals surface area contributed by atoms with Crippen LogP contribution in [0.1, 0.15) is 0 Å². The first-order valence-corrected chi connectivity index (χ1v) is 10.6. The van der Waals surface area contributed by atoms with Crippen molar-refractivity contribution in [1.29, 1.82) is 0 Å². The lowest BCUT2D eigenvalue weighted by atomic mass is 10.3. The number of nitrogens with one attached hydrogen (secondary N) is 2. The quantitative estimate of drug-likeness (QED) is 0.459. The zero-order valence-corrected chi connectivity index (χ0v) is 18.0. The highest BCUT2D eigenvalue weighted by Gasteiger charge is 2.12. The largest absolute Gasteiger partial charge is 0.484 e. The summed E-state index contributed by atoms with van der Waals surface area (Å²) in [6.45, 7) is -1.04. The molecule has 3 aromatic rings. The van der Waals surface area contributed by atoms with Crippen LogP contribution in [0.15, 0.2) is 94.7 Å². The van der Waals surface area contributed by atoms with E-state index in [1.807, 2.05) is 54.6 Å². The van der Waals surface area contributed by atoms with Crippen molar-refractivity contribution in [2.24, 2.45) is 0 Å². The van der Waals surface area contributed by atoms with Gasteiger partial charge in [-0.25, -0.2) is 0 Å². The molecule has 0 aliphatic heterocycles. The first-order valence-electron chi connectivity index (χ1n) is 9.82. The van der Waals surface area contributed by atoms with E-state index in [9.17, 15) is 14.4 Å². The molecule has 3 aromatic carbocycles. The molecule has 3 rings (SSSR count). The van der Waals surface area contributed by atoms with E-state index in [4.69, 9.17) is 9.47 Å². The van der Waals surface area contributed by atoms with Gasteiger partial charge in [0.1, 0.15) is 12.3 Å². The predicted molar refractivity (Wildman–Crippen MR) is 122 cm³/mol. The maximum atomic E-state index is 12.2. The molecule has 0 saturated carbocycles. The first kappa shape index (κ1) is 22.9. The molecule has 0 heterocycles. The van der Waals surface area contributed by atoms with Gasteiger partial charge in [0.2, 0.25) is 0 Å². The number of rotatable bonds is 10. The lowest BCUT2D eigenvalue weighted by Gasteiger charge is -2.11. The smallest absolute Gasteiger partial charge is 0.325 e. The molecule has 0 atom stereocenters. The Bertz CT molecular complexity index is 1040. The second-order valence-electron chi connectivity index (χ2n) is 6.50. The Morgan fingerprint density at radius 1 is 0.750 bits per heavy atom. The topological polar surface area (TPSA) is 93.7 Å². The molecule has 0 aliphatic rings. The summed E-state index contributed by atoms with van der Waals surface area (Å²) in [6.07, 6.45) is 0. The number of ether oxygens (including phenoxy) is 2. The molecular formula is C24H22N2O5S. The molecule has 2 amide bonds. The van der Waals surface area contributed by atoms with Gasteiger partial charge in [0.25, 0.3) is 11.8 Å². The van der Waals surface area contributed by atoms with Crippen LogP contribution in [-0.4, -0.2) is 37.5 Å². The fourth-order valence-corrected chi connectivity index (χ4v) is 3.47. The van der Waals surface area contributed by atoms with Gasteiger partial charge in [-0.2, -0.15) is 0 Å². The monoisotopic (exact) mass is 450 g/mol. The number of carbonyl (C=O) groups is 3. The van der Waals surface area contributed by atoms with E-state index >= 15 is 0 Å². The Kier molecular flexibility index (Phi) is 8.70. The van der Waals surface area contributed by atoms with Gasteiger partial charge in [0, 0.05) is 9.79 Å². The van der Waals surface area contributed by atoms with E-state index in [2.05, 4.69) is 10.6 Å². The third kappa shape index (κ3) is 7.81. The van der Waals surface area contributed by atoms with Gasteiger partial charge in [0.05, 0.1) is 5.69 Å². The summed E-state index contributed by atoms with van der Waals surface area (Å²) in [5.41, 5.74) is 0.619. The first-order chi connectivity index (χ1) is 15.6. The van der Waals surface area contributed by atoms with Crippen molar-refractivity contribution in [2.75, 3.05) is 25.1 Å². The number of carbonyl (C=O) groups excluding carboxylic acids is 3. The Morgan fingerprint density at radius 3 is 2.16 bits per heavy atom. The molecule has 7 nitrogen and oxygen atoms in total. The van der Waals surface area contributed by atoms with Gasteiger partial charge in [-0.3, -0.25) is 14.4 Å². The van der Waals surface area contributed by atoms with Crippen LogP contribution in [0.25, 0.3) is 0 Å². The molecule has 0 unspecified atom stereocenters.